The average molecular weight is 494 g/mol. The van der Waals surface area contributed by atoms with Crippen molar-refractivity contribution >= 4 is 5.91 Å². The van der Waals surface area contributed by atoms with Crippen molar-refractivity contribution in [2.45, 2.75) is 76.2 Å². The molecule has 1 atom stereocenters. The van der Waals surface area contributed by atoms with E-state index in [1.54, 1.807) is 0 Å². The van der Waals surface area contributed by atoms with Crippen LogP contribution in [0.2, 0.25) is 0 Å². The predicted octanol–water partition coefficient (Wildman–Crippen LogP) is 4.87. The molecule has 3 rings (SSSR count). The van der Waals surface area contributed by atoms with Crippen LogP contribution in [0.15, 0.2) is 60.7 Å². The molecule has 1 saturated heterocycles. The topological polar surface area (TPSA) is 78.6 Å². The largest absolute Gasteiger partial charge is 0.395 e. The SMILES string of the molecule is C[C@@H](CO)NCCCCCCCCCN1CCC(C(C(N)=O)(c2ccccc2)c2ccccc2)CC1. The Labute approximate surface area is 218 Å². The van der Waals surface area contributed by atoms with Crippen molar-refractivity contribution in [1.82, 2.24) is 10.2 Å². The number of unbranched alkanes of at least 4 members (excludes halogenated alkanes) is 6. The number of nitrogens with one attached hydrogen (secondary N) is 1. The molecule has 5 heteroatoms. The summed E-state index contributed by atoms with van der Waals surface area (Å²) in [5.74, 6) is -0.0389. The molecule has 1 heterocycles. The zero-order chi connectivity index (χ0) is 25.6. The number of benzene rings is 2. The number of rotatable bonds is 16. The van der Waals surface area contributed by atoms with Gasteiger partial charge in [0.05, 0.1) is 6.61 Å². The minimum Gasteiger partial charge on any atom is -0.395 e. The van der Waals surface area contributed by atoms with Gasteiger partial charge >= 0.3 is 0 Å². The van der Waals surface area contributed by atoms with E-state index in [1.807, 2.05) is 43.3 Å². The Morgan fingerprint density at radius 1 is 0.917 bits per heavy atom. The fraction of sp³-hybridized carbons (Fsp3) is 0.581. The van der Waals surface area contributed by atoms with Crippen molar-refractivity contribution in [2.75, 3.05) is 32.8 Å². The van der Waals surface area contributed by atoms with Crippen LogP contribution in [-0.2, 0) is 10.2 Å². The monoisotopic (exact) mass is 493 g/mol. The molecule has 0 radical (unpaired) electrons. The summed E-state index contributed by atoms with van der Waals surface area (Å²) in [4.78, 5) is 15.8. The highest BCUT2D eigenvalue weighted by molar-refractivity contribution is 5.91. The first kappa shape index (κ1) is 28.4. The number of carbonyl (C=O) groups excluding carboxylic acids is 1. The number of aliphatic hydroxyl groups is 1. The summed E-state index contributed by atoms with van der Waals surface area (Å²) in [5, 5.41) is 12.4. The van der Waals surface area contributed by atoms with Crippen LogP contribution in [0.5, 0.6) is 0 Å². The molecular formula is C31H47N3O2. The van der Waals surface area contributed by atoms with E-state index in [-0.39, 0.29) is 24.5 Å². The van der Waals surface area contributed by atoms with Gasteiger partial charge in [-0.2, -0.15) is 0 Å². The summed E-state index contributed by atoms with van der Waals surface area (Å²) in [6.07, 6.45) is 10.9. The highest BCUT2D eigenvalue weighted by Crippen LogP contribution is 2.44. The number of nitrogens with zero attached hydrogens (tertiary/aromatic N) is 1. The first-order valence-electron chi connectivity index (χ1n) is 14.1. The van der Waals surface area contributed by atoms with Gasteiger partial charge < -0.3 is 21.1 Å². The maximum absolute atomic E-state index is 13.2. The van der Waals surface area contributed by atoms with Crippen molar-refractivity contribution < 1.29 is 9.90 Å². The van der Waals surface area contributed by atoms with Gasteiger partial charge in [0.15, 0.2) is 0 Å². The highest BCUT2D eigenvalue weighted by atomic mass is 16.3. The summed E-state index contributed by atoms with van der Waals surface area (Å²) < 4.78 is 0. The third-order valence-corrected chi connectivity index (χ3v) is 7.96. The van der Waals surface area contributed by atoms with Crippen LogP contribution in [0, 0.1) is 5.92 Å². The van der Waals surface area contributed by atoms with Gasteiger partial charge in [-0.3, -0.25) is 4.79 Å². The molecule has 2 aromatic rings. The lowest BCUT2D eigenvalue weighted by molar-refractivity contribution is -0.124. The van der Waals surface area contributed by atoms with E-state index < -0.39 is 5.41 Å². The highest BCUT2D eigenvalue weighted by Gasteiger charge is 2.47. The van der Waals surface area contributed by atoms with Crippen LogP contribution in [0.25, 0.3) is 0 Å². The first-order chi connectivity index (χ1) is 17.6. The third-order valence-electron chi connectivity index (χ3n) is 7.96. The number of primary amides is 1. The van der Waals surface area contributed by atoms with E-state index in [9.17, 15) is 4.79 Å². The Morgan fingerprint density at radius 2 is 1.42 bits per heavy atom. The van der Waals surface area contributed by atoms with Gasteiger partial charge in [-0.25, -0.2) is 0 Å². The number of hydrogen-bond acceptors (Lipinski definition) is 4. The number of hydrogen-bond donors (Lipinski definition) is 3. The molecule has 0 aromatic heterocycles. The zero-order valence-corrected chi connectivity index (χ0v) is 22.2. The average Bonchev–Trinajstić information content (AvgIpc) is 2.92. The number of nitrogens with two attached hydrogens (primary N) is 1. The van der Waals surface area contributed by atoms with Crippen LogP contribution >= 0.6 is 0 Å². The molecule has 0 aliphatic carbocycles. The molecule has 5 nitrogen and oxygen atoms in total. The van der Waals surface area contributed by atoms with Crippen molar-refractivity contribution in [2.24, 2.45) is 11.7 Å². The lowest BCUT2D eigenvalue weighted by atomic mass is 9.62. The maximum atomic E-state index is 13.2. The van der Waals surface area contributed by atoms with Gasteiger partial charge in [-0.15, -0.1) is 0 Å². The first-order valence-corrected chi connectivity index (χ1v) is 14.1. The summed E-state index contributed by atoms with van der Waals surface area (Å²) in [6.45, 7) is 6.43. The minimum absolute atomic E-state index is 0.200. The molecular weight excluding hydrogens is 446 g/mol. The Balaban J connectivity index is 1.44. The lowest BCUT2D eigenvalue weighted by Gasteiger charge is -2.43. The Morgan fingerprint density at radius 3 is 1.92 bits per heavy atom. The standard InChI is InChI=1S/C31H47N3O2/c1-26(25-35)33-21-13-5-3-2-4-6-14-22-34-23-19-29(20-24-34)31(30(32)36,27-15-9-7-10-16-27)28-17-11-8-12-18-28/h7-12,15-18,26,29,33,35H,2-6,13-14,19-25H2,1H3,(H2,32,36)/t26-/m0/s1. The fourth-order valence-corrected chi connectivity index (χ4v) is 5.87. The van der Waals surface area contributed by atoms with Crippen molar-refractivity contribution in [3.8, 4) is 0 Å². The summed E-state index contributed by atoms with van der Waals surface area (Å²) in [5.41, 5.74) is 7.47. The van der Waals surface area contributed by atoms with Gasteiger partial charge in [-0.05, 0) is 75.8 Å². The quantitative estimate of drug-likeness (QED) is 0.292. The molecule has 198 valence electrons. The zero-order valence-electron chi connectivity index (χ0n) is 22.2. The number of likely N-dealkylation sites (tertiary alicyclic amines) is 1. The van der Waals surface area contributed by atoms with E-state index in [0.717, 1.165) is 50.1 Å². The van der Waals surface area contributed by atoms with Gasteiger partial charge in [0.1, 0.15) is 5.41 Å². The second-order valence-corrected chi connectivity index (χ2v) is 10.5. The predicted molar refractivity (Wildman–Crippen MR) is 149 cm³/mol. The Bertz CT molecular complexity index is 826. The molecule has 4 N–H and O–H groups in total. The van der Waals surface area contributed by atoms with E-state index in [4.69, 9.17) is 10.8 Å². The smallest absolute Gasteiger partial charge is 0.232 e. The molecule has 0 saturated carbocycles. The number of carbonyl (C=O) groups is 1. The second kappa shape index (κ2) is 15.1. The minimum atomic E-state index is -0.778. The third kappa shape index (κ3) is 7.64. The van der Waals surface area contributed by atoms with Crippen LogP contribution < -0.4 is 11.1 Å². The fourth-order valence-electron chi connectivity index (χ4n) is 5.87. The Hall–Kier alpha value is -2.21. The van der Waals surface area contributed by atoms with Crippen molar-refractivity contribution in [3.63, 3.8) is 0 Å². The molecule has 1 aliphatic rings. The Kier molecular flexibility index (Phi) is 11.9. The molecule has 1 aliphatic heterocycles. The van der Waals surface area contributed by atoms with Gasteiger partial charge in [0.2, 0.25) is 5.91 Å². The van der Waals surface area contributed by atoms with E-state index in [1.165, 1.54) is 44.9 Å². The van der Waals surface area contributed by atoms with Gasteiger partial charge in [0, 0.05) is 6.04 Å². The maximum Gasteiger partial charge on any atom is 0.232 e. The molecule has 0 bridgehead atoms. The number of amides is 1. The van der Waals surface area contributed by atoms with Crippen molar-refractivity contribution in [1.29, 1.82) is 0 Å². The van der Waals surface area contributed by atoms with E-state index in [0.29, 0.717) is 0 Å². The summed E-state index contributed by atoms with van der Waals surface area (Å²) in [6, 6.07) is 20.5. The van der Waals surface area contributed by atoms with Crippen LogP contribution in [-0.4, -0.2) is 54.7 Å². The van der Waals surface area contributed by atoms with E-state index >= 15 is 0 Å². The molecule has 0 unspecified atom stereocenters. The molecule has 36 heavy (non-hydrogen) atoms. The van der Waals surface area contributed by atoms with E-state index in [2.05, 4.69) is 34.5 Å². The number of piperidine rings is 1. The second-order valence-electron chi connectivity index (χ2n) is 10.5. The molecule has 1 amide bonds. The number of aliphatic hydroxyl groups excluding tert-OH is 1. The summed E-state index contributed by atoms with van der Waals surface area (Å²) in [7, 11) is 0. The summed E-state index contributed by atoms with van der Waals surface area (Å²) >= 11 is 0. The van der Waals surface area contributed by atoms with Gasteiger partial charge in [0.25, 0.3) is 0 Å². The lowest BCUT2D eigenvalue weighted by Crippen LogP contribution is -2.51. The molecule has 0 spiro atoms. The van der Waals surface area contributed by atoms with Crippen LogP contribution in [0.1, 0.15) is 75.8 Å². The normalized spacial score (nSPS) is 16.2. The van der Waals surface area contributed by atoms with Crippen LogP contribution in [0.4, 0.5) is 0 Å². The van der Waals surface area contributed by atoms with Crippen molar-refractivity contribution in [3.05, 3.63) is 71.8 Å². The molecule has 2 aromatic carbocycles. The van der Waals surface area contributed by atoms with Crippen LogP contribution in [0.3, 0.4) is 0 Å². The molecule has 1 fully saturated rings. The van der Waals surface area contributed by atoms with Gasteiger partial charge in [-0.1, -0.05) is 92.8 Å².